The summed E-state index contributed by atoms with van der Waals surface area (Å²) in [7, 11) is 0. The zero-order valence-corrected chi connectivity index (χ0v) is 13.9. The third-order valence-electron chi connectivity index (χ3n) is 4.49. The van der Waals surface area contributed by atoms with E-state index in [0.717, 1.165) is 43.7 Å². The van der Waals surface area contributed by atoms with Crippen molar-refractivity contribution >= 4 is 22.4 Å². The lowest BCUT2D eigenvalue weighted by Crippen LogP contribution is -2.35. The molecule has 2 aliphatic rings. The molecule has 1 N–H and O–H groups in total. The van der Waals surface area contributed by atoms with Gasteiger partial charge in [0.15, 0.2) is 5.13 Å². The highest BCUT2D eigenvalue weighted by Gasteiger charge is 2.18. The molecule has 2 fully saturated rings. The Morgan fingerprint density at radius 2 is 2.09 bits per heavy atom. The number of rotatable bonds is 5. The third kappa shape index (κ3) is 4.76. The SMILES string of the molecule is O=C(CC1CCCCC1)Nc1nc(CN2CCOCC2)cs1. The van der Waals surface area contributed by atoms with Crippen LogP contribution in [0.25, 0.3) is 0 Å². The van der Waals surface area contributed by atoms with Gasteiger partial charge in [-0.25, -0.2) is 4.98 Å². The van der Waals surface area contributed by atoms with E-state index in [0.29, 0.717) is 12.3 Å². The van der Waals surface area contributed by atoms with Gasteiger partial charge in [-0.3, -0.25) is 9.69 Å². The van der Waals surface area contributed by atoms with Gasteiger partial charge in [0.2, 0.25) is 5.91 Å². The van der Waals surface area contributed by atoms with Crippen molar-refractivity contribution in [3.63, 3.8) is 0 Å². The molecule has 1 aliphatic carbocycles. The van der Waals surface area contributed by atoms with Crippen molar-refractivity contribution in [1.82, 2.24) is 9.88 Å². The van der Waals surface area contributed by atoms with Crippen LogP contribution in [0.4, 0.5) is 5.13 Å². The average Bonchev–Trinajstić information content (AvgIpc) is 2.96. The molecule has 0 atom stereocenters. The van der Waals surface area contributed by atoms with Crippen molar-refractivity contribution in [3.8, 4) is 0 Å². The van der Waals surface area contributed by atoms with E-state index in [2.05, 4.69) is 15.2 Å². The Bertz CT molecular complexity index is 479. The molecule has 22 heavy (non-hydrogen) atoms. The first-order chi connectivity index (χ1) is 10.8. The van der Waals surface area contributed by atoms with Crippen molar-refractivity contribution in [2.45, 2.75) is 45.1 Å². The molecule has 1 saturated heterocycles. The van der Waals surface area contributed by atoms with Gasteiger partial charge < -0.3 is 10.1 Å². The summed E-state index contributed by atoms with van der Waals surface area (Å²) >= 11 is 1.53. The van der Waals surface area contributed by atoms with Crippen LogP contribution in [0.5, 0.6) is 0 Å². The second-order valence-corrected chi connectivity index (χ2v) is 7.15. The molecule has 0 unspecified atom stereocenters. The molecule has 1 saturated carbocycles. The lowest BCUT2D eigenvalue weighted by molar-refractivity contribution is -0.117. The number of nitrogens with one attached hydrogen (secondary N) is 1. The highest BCUT2D eigenvalue weighted by Crippen LogP contribution is 2.27. The fourth-order valence-electron chi connectivity index (χ4n) is 3.25. The molecule has 0 aromatic carbocycles. The minimum Gasteiger partial charge on any atom is -0.379 e. The zero-order chi connectivity index (χ0) is 15.2. The predicted octanol–water partition coefficient (Wildman–Crippen LogP) is 2.88. The van der Waals surface area contributed by atoms with Gasteiger partial charge in [0.25, 0.3) is 0 Å². The van der Waals surface area contributed by atoms with Gasteiger partial charge in [0.1, 0.15) is 0 Å². The van der Waals surface area contributed by atoms with Crippen LogP contribution in [-0.2, 0) is 16.1 Å². The molecule has 0 spiro atoms. The Morgan fingerprint density at radius 1 is 1.32 bits per heavy atom. The molecule has 1 aromatic rings. The molecular formula is C16H25N3O2S. The topological polar surface area (TPSA) is 54.5 Å². The van der Waals surface area contributed by atoms with Crippen LogP contribution in [0.2, 0.25) is 0 Å². The van der Waals surface area contributed by atoms with Gasteiger partial charge >= 0.3 is 0 Å². The van der Waals surface area contributed by atoms with Gasteiger partial charge in [0, 0.05) is 31.4 Å². The van der Waals surface area contributed by atoms with E-state index in [-0.39, 0.29) is 5.91 Å². The maximum atomic E-state index is 12.1. The number of nitrogens with zero attached hydrogens (tertiary/aromatic N) is 2. The van der Waals surface area contributed by atoms with E-state index in [4.69, 9.17) is 4.74 Å². The molecule has 122 valence electrons. The van der Waals surface area contributed by atoms with Crippen LogP contribution in [0.1, 0.15) is 44.2 Å². The second-order valence-electron chi connectivity index (χ2n) is 6.29. The quantitative estimate of drug-likeness (QED) is 0.905. The highest BCUT2D eigenvalue weighted by molar-refractivity contribution is 7.13. The summed E-state index contributed by atoms with van der Waals surface area (Å²) in [6, 6.07) is 0. The molecule has 0 radical (unpaired) electrons. The van der Waals surface area contributed by atoms with Crippen LogP contribution in [0.3, 0.4) is 0 Å². The summed E-state index contributed by atoms with van der Waals surface area (Å²) in [6.07, 6.45) is 6.94. The van der Waals surface area contributed by atoms with E-state index >= 15 is 0 Å². The number of morpholine rings is 1. The fourth-order valence-corrected chi connectivity index (χ4v) is 3.97. The molecule has 3 rings (SSSR count). The van der Waals surface area contributed by atoms with Gasteiger partial charge in [-0.2, -0.15) is 0 Å². The number of thiazole rings is 1. The zero-order valence-electron chi connectivity index (χ0n) is 13.1. The maximum absolute atomic E-state index is 12.1. The van der Waals surface area contributed by atoms with Crippen LogP contribution in [-0.4, -0.2) is 42.1 Å². The summed E-state index contributed by atoms with van der Waals surface area (Å²) in [5.74, 6) is 0.695. The maximum Gasteiger partial charge on any atom is 0.226 e. The molecule has 1 aliphatic heterocycles. The second kappa shape index (κ2) is 8.04. The Morgan fingerprint density at radius 3 is 2.86 bits per heavy atom. The van der Waals surface area contributed by atoms with Crippen molar-refractivity contribution in [2.75, 3.05) is 31.6 Å². The summed E-state index contributed by atoms with van der Waals surface area (Å²) in [6.45, 7) is 4.37. The van der Waals surface area contributed by atoms with Crippen molar-refractivity contribution in [1.29, 1.82) is 0 Å². The first kappa shape index (κ1) is 15.9. The van der Waals surface area contributed by atoms with Gasteiger partial charge in [-0.1, -0.05) is 19.3 Å². The normalized spacial score (nSPS) is 20.9. The van der Waals surface area contributed by atoms with E-state index in [1.807, 2.05) is 5.38 Å². The number of aromatic nitrogens is 1. The predicted molar refractivity (Wildman–Crippen MR) is 88.0 cm³/mol. The number of hydrogen-bond acceptors (Lipinski definition) is 5. The molecule has 0 bridgehead atoms. The van der Waals surface area contributed by atoms with Crippen LogP contribution in [0, 0.1) is 5.92 Å². The number of amides is 1. The van der Waals surface area contributed by atoms with Crippen molar-refractivity contribution in [2.24, 2.45) is 5.92 Å². The van der Waals surface area contributed by atoms with Gasteiger partial charge in [0.05, 0.1) is 18.9 Å². The first-order valence-electron chi connectivity index (χ1n) is 8.34. The standard InChI is InChI=1S/C16H25N3O2S/c20-15(10-13-4-2-1-3-5-13)18-16-17-14(12-22-16)11-19-6-8-21-9-7-19/h12-13H,1-11H2,(H,17,18,20). The summed E-state index contributed by atoms with van der Waals surface area (Å²) < 4.78 is 5.35. The Hall–Kier alpha value is -0.980. The smallest absolute Gasteiger partial charge is 0.226 e. The molecule has 1 amide bonds. The number of carbonyl (C=O) groups excluding carboxylic acids is 1. The minimum atomic E-state index is 0.124. The Kier molecular flexibility index (Phi) is 5.81. The minimum absolute atomic E-state index is 0.124. The highest BCUT2D eigenvalue weighted by atomic mass is 32.1. The van der Waals surface area contributed by atoms with Gasteiger partial charge in [-0.15, -0.1) is 11.3 Å². The van der Waals surface area contributed by atoms with E-state index < -0.39 is 0 Å². The Balaban J connectivity index is 1.45. The van der Waals surface area contributed by atoms with Crippen LogP contribution >= 0.6 is 11.3 Å². The lowest BCUT2D eigenvalue weighted by atomic mass is 9.87. The van der Waals surface area contributed by atoms with Crippen molar-refractivity contribution in [3.05, 3.63) is 11.1 Å². The van der Waals surface area contributed by atoms with E-state index in [9.17, 15) is 4.79 Å². The largest absolute Gasteiger partial charge is 0.379 e. The lowest BCUT2D eigenvalue weighted by Gasteiger charge is -2.25. The summed E-state index contributed by atoms with van der Waals surface area (Å²) in [4.78, 5) is 19.0. The monoisotopic (exact) mass is 323 g/mol. The summed E-state index contributed by atoms with van der Waals surface area (Å²) in [5.41, 5.74) is 1.04. The van der Waals surface area contributed by atoms with Crippen LogP contribution < -0.4 is 5.32 Å². The number of anilines is 1. The third-order valence-corrected chi connectivity index (χ3v) is 5.29. The van der Waals surface area contributed by atoms with E-state index in [1.54, 1.807) is 0 Å². The molecule has 6 heteroatoms. The van der Waals surface area contributed by atoms with E-state index in [1.165, 1.54) is 43.4 Å². The number of hydrogen-bond donors (Lipinski definition) is 1. The molecule has 1 aromatic heterocycles. The number of ether oxygens (including phenoxy) is 1. The average molecular weight is 323 g/mol. The first-order valence-corrected chi connectivity index (χ1v) is 9.22. The Labute approximate surface area is 136 Å². The van der Waals surface area contributed by atoms with Crippen LogP contribution in [0.15, 0.2) is 5.38 Å². The summed E-state index contributed by atoms with van der Waals surface area (Å²) in [5, 5.41) is 5.76. The molecular weight excluding hydrogens is 298 g/mol. The van der Waals surface area contributed by atoms with Crippen molar-refractivity contribution < 1.29 is 9.53 Å². The number of carbonyl (C=O) groups is 1. The molecule has 5 nitrogen and oxygen atoms in total. The van der Waals surface area contributed by atoms with Gasteiger partial charge in [-0.05, 0) is 18.8 Å². The molecule has 2 heterocycles. The fraction of sp³-hybridized carbons (Fsp3) is 0.750.